The summed E-state index contributed by atoms with van der Waals surface area (Å²) >= 11 is 0. The third-order valence-electron chi connectivity index (χ3n) is 3.96. The largest absolute Gasteiger partial charge is 0.479 e. The smallest absolute Gasteiger partial charge is 0.332 e. The lowest BCUT2D eigenvalue weighted by atomic mass is 9.79. The Kier molecular flexibility index (Phi) is 4.05. The lowest BCUT2D eigenvalue weighted by Crippen LogP contribution is -2.45. The van der Waals surface area contributed by atoms with Gasteiger partial charge in [0.1, 0.15) is 0 Å². The van der Waals surface area contributed by atoms with Crippen LogP contribution in [0.5, 0.6) is 0 Å². The summed E-state index contributed by atoms with van der Waals surface area (Å²) in [7, 11) is 0. The Morgan fingerprint density at radius 2 is 2.12 bits per heavy atom. The van der Waals surface area contributed by atoms with Crippen LogP contribution in [0.25, 0.3) is 0 Å². The fraction of sp³-hybridized carbons (Fsp3) is 0.923. The molecule has 2 rings (SSSR count). The molecule has 1 spiro atoms. The van der Waals surface area contributed by atoms with E-state index < -0.39 is 12.1 Å². The van der Waals surface area contributed by atoms with Gasteiger partial charge in [-0.1, -0.05) is 19.3 Å². The van der Waals surface area contributed by atoms with Crippen molar-refractivity contribution in [2.24, 2.45) is 0 Å². The summed E-state index contributed by atoms with van der Waals surface area (Å²) in [6.07, 6.45) is 6.98. The van der Waals surface area contributed by atoms with E-state index in [1.807, 2.05) is 0 Å². The molecule has 2 aliphatic rings. The van der Waals surface area contributed by atoms with E-state index >= 15 is 0 Å². The first-order chi connectivity index (χ1) is 8.11. The van der Waals surface area contributed by atoms with E-state index in [2.05, 4.69) is 0 Å². The van der Waals surface area contributed by atoms with Crippen molar-refractivity contribution >= 4 is 5.97 Å². The number of carbonyl (C=O) groups is 1. The SMILES string of the molecule is CC(OC1CCOC2(CCCCC2)C1)C(=O)O. The van der Waals surface area contributed by atoms with Crippen molar-refractivity contribution in [2.45, 2.75) is 69.7 Å². The summed E-state index contributed by atoms with van der Waals surface area (Å²) in [5, 5.41) is 8.86. The molecule has 1 saturated carbocycles. The van der Waals surface area contributed by atoms with Crippen LogP contribution in [0, 0.1) is 0 Å². The van der Waals surface area contributed by atoms with Gasteiger partial charge in [0.05, 0.1) is 11.7 Å². The maximum absolute atomic E-state index is 10.8. The molecule has 1 heterocycles. The number of hydrogen-bond acceptors (Lipinski definition) is 3. The molecule has 17 heavy (non-hydrogen) atoms. The van der Waals surface area contributed by atoms with Gasteiger partial charge >= 0.3 is 5.97 Å². The molecule has 4 nitrogen and oxygen atoms in total. The van der Waals surface area contributed by atoms with Crippen molar-refractivity contribution in [1.29, 1.82) is 0 Å². The standard InChI is InChI=1S/C13H22O4/c1-10(12(14)15)17-11-5-8-16-13(9-11)6-3-2-4-7-13/h10-11H,2-9H2,1H3,(H,14,15). The quantitative estimate of drug-likeness (QED) is 0.825. The van der Waals surface area contributed by atoms with Crippen molar-refractivity contribution in [1.82, 2.24) is 0 Å². The zero-order chi connectivity index (χ0) is 12.3. The van der Waals surface area contributed by atoms with E-state index in [4.69, 9.17) is 14.6 Å². The van der Waals surface area contributed by atoms with Gasteiger partial charge in [-0.2, -0.15) is 0 Å². The first kappa shape index (κ1) is 12.8. The van der Waals surface area contributed by atoms with Crippen LogP contribution < -0.4 is 0 Å². The molecule has 2 fully saturated rings. The summed E-state index contributed by atoms with van der Waals surface area (Å²) < 4.78 is 11.6. The normalized spacial score (nSPS) is 30.1. The first-order valence-electron chi connectivity index (χ1n) is 6.64. The van der Waals surface area contributed by atoms with E-state index in [0.717, 1.165) is 25.7 Å². The number of hydrogen-bond donors (Lipinski definition) is 1. The Morgan fingerprint density at radius 3 is 2.76 bits per heavy atom. The highest BCUT2D eigenvalue weighted by atomic mass is 16.5. The molecule has 2 unspecified atom stereocenters. The van der Waals surface area contributed by atoms with Gasteiger partial charge < -0.3 is 14.6 Å². The molecule has 4 heteroatoms. The average Bonchev–Trinajstić information content (AvgIpc) is 2.30. The van der Waals surface area contributed by atoms with Gasteiger partial charge in [-0.25, -0.2) is 4.79 Å². The van der Waals surface area contributed by atoms with E-state index in [1.54, 1.807) is 6.92 Å². The Balaban J connectivity index is 1.90. The molecule has 0 aromatic carbocycles. The van der Waals surface area contributed by atoms with Crippen LogP contribution >= 0.6 is 0 Å². The molecule has 0 amide bonds. The van der Waals surface area contributed by atoms with Gasteiger partial charge in [-0.15, -0.1) is 0 Å². The summed E-state index contributed by atoms with van der Waals surface area (Å²) in [5.74, 6) is -0.880. The van der Waals surface area contributed by atoms with Crippen LogP contribution in [-0.4, -0.2) is 35.5 Å². The molecule has 1 saturated heterocycles. The Morgan fingerprint density at radius 1 is 1.41 bits per heavy atom. The molecule has 0 aromatic heterocycles. The monoisotopic (exact) mass is 242 g/mol. The highest BCUT2D eigenvalue weighted by molar-refractivity contribution is 5.71. The topological polar surface area (TPSA) is 55.8 Å². The van der Waals surface area contributed by atoms with Crippen LogP contribution in [-0.2, 0) is 14.3 Å². The van der Waals surface area contributed by atoms with Crippen LogP contribution in [0.4, 0.5) is 0 Å². The third-order valence-corrected chi connectivity index (χ3v) is 3.96. The predicted octanol–water partition coefficient (Wildman–Crippen LogP) is 2.36. The van der Waals surface area contributed by atoms with Crippen molar-refractivity contribution in [3.63, 3.8) is 0 Å². The third kappa shape index (κ3) is 3.19. The second-order valence-corrected chi connectivity index (χ2v) is 5.32. The van der Waals surface area contributed by atoms with Gasteiger partial charge in [0.2, 0.25) is 0 Å². The number of ether oxygens (including phenoxy) is 2. The zero-order valence-corrected chi connectivity index (χ0v) is 10.5. The van der Waals surface area contributed by atoms with Crippen molar-refractivity contribution in [2.75, 3.05) is 6.61 Å². The lowest BCUT2D eigenvalue weighted by Gasteiger charge is -2.43. The van der Waals surface area contributed by atoms with E-state index in [9.17, 15) is 4.79 Å². The zero-order valence-electron chi connectivity index (χ0n) is 10.5. The summed E-state index contributed by atoms with van der Waals surface area (Å²) in [5.41, 5.74) is -0.0145. The molecule has 98 valence electrons. The Labute approximate surface area is 102 Å². The number of aliphatic carboxylic acids is 1. The molecule has 2 atom stereocenters. The molecular weight excluding hydrogens is 220 g/mol. The molecule has 0 bridgehead atoms. The highest BCUT2D eigenvalue weighted by Gasteiger charge is 2.39. The first-order valence-corrected chi connectivity index (χ1v) is 6.64. The number of carboxylic acid groups (broad SMARTS) is 1. The van der Waals surface area contributed by atoms with Crippen LogP contribution in [0.15, 0.2) is 0 Å². The molecule has 1 N–H and O–H groups in total. The highest BCUT2D eigenvalue weighted by Crippen LogP contribution is 2.39. The van der Waals surface area contributed by atoms with Crippen LogP contribution in [0.3, 0.4) is 0 Å². The van der Waals surface area contributed by atoms with Gasteiger partial charge in [0.15, 0.2) is 6.10 Å². The Hall–Kier alpha value is -0.610. The predicted molar refractivity (Wildman–Crippen MR) is 63.0 cm³/mol. The lowest BCUT2D eigenvalue weighted by molar-refractivity contribution is -0.174. The van der Waals surface area contributed by atoms with Crippen molar-refractivity contribution < 1.29 is 19.4 Å². The number of rotatable bonds is 3. The minimum atomic E-state index is -0.880. The summed E-state index contributed by atoms with van der Waals surface area (Å²) in [4.78, 5) is 10.8. The fourth-order valence-electron chi connectivity index (χ4n) is 2.99. The summed E-state index contributed by atoms with van der Waals surface area (Å²) in [6.45, 7) is 2.31. The van der Waals surface area contributed by atoms with Crippen molar-refractivity contribution in [3.05, 3.63) is 0 Å². The van der Waals surface area contributed by atoms with Gasteiger partial charge in [-0.3, -0.25) is 0 Å². The molecule has 1 aliphatic carbocycles. The van der Waals surface area contributed by atoms with Gasteiger partial charge in [-0.05, 0) is 26.2 Å². The summed E-state index contributed by atoms with van der Waals surface area (Å²) in [6, 6.07) is 0. The van der Waals surface area contributed by atoms with Gasteiger partial charge in [0.25, 0.3) is 0 Å². The average molecular weight is 242 g/mol. The van der Waals surface area contributed by atoms with Crippen LogP contribution in [0.1, 0.15) is 51.9 Å². The molecular formula is C13H22O4. The van der Waals surface area contributed by atoms with E-state index in [0.29, 0.717) is 6.61 Å². The fourth-order valence-corrected chi connectivity index (χ4v) is 2.99. The molecule has 0 radical (unpaired) electrons. The number of carboxylic acids is 1. The molecule has 0 aromatic rings. The second kappa shape index (κ2) is 5.36. The maximum atomic E-state index is 10.8. The minimum Gasteiger partial charge on any atom is -0.479 e. The van der Waals surface area contributed by atoms with E-state index in [-0.39, 0.29) is 11.7 Å². The Bertz CT molecular complexity index is 265. The minimum absolute atomic E-state index is 0.0145. The van der Waals surface area contributed by atoms with Gasteiger partial charge in [0, 0.05) is 13.0 Å². The van der Waals surface area contributed by atoms with Crippen LogP contribution in [0.2, 0.25) is 0 Å². The molecule has 1 aliphatic heterocycles. The maximum Gasteiger partial charge on any atom is 0.332 e. The van der Waals surface area contributed by atoms with E-state index in [1.165, 1.54) is 19.3 Å². The van der Waals surface area contributed by atoms with Crippen molar-refractivity contribution in [3.8, 4) is 0 Å². The second-order valence-electron chi connectivity index (χ2n) is 5.32.